The monoisotopic (exact) mass is 329 g/mol. The van der Waals surface area contributed by atoms with Crippen LogP contribution in [0.15, 0.2) is 12.7 Å². The molecule has 2 N–H and O–H groups in total. The first kappa shape index (κ1) is 18.9. The maximum Gasteiger partial charge on any atom is 0.330 e. The van der Waals surface area contributed by atoms with Crippen LogP contribution < -0.4 is 10.6 Å². The molecule has 0 spiro atoms. The normalized spacial score (nSPS) is 14.6. The predicted octanol–water partition coefficient (Wildman–Crippen LogP) is -1.11. The number of esters is 2. The second-order valence-electron chi connectivity index (χ2n) is 4.66. The molecule has 1 fully saturated rings. The van der Waals surface area contributed by atoms with E-state index in [9.17, 15) is 14.4 Å². The average molecular weight is 329 g/mol. The Bertz CT molecular complexity index is 409. The molecule has 0 unspecified atom stereocenters. The van der Waals surface area contributed by atoms with Gasteiger partial charge in [-0.3, -0.25) is 9.69 Å². The second-order valence-corrected chi connectivity index (χ2v) is 4.66. The lowest BCUT2D eigenvalue weighted by molar-refractivity contribution is -0.143. The van der Waals surface area contributed by atoms with Gasteiger partial charge in [-0.25, -0.2) is 9.59 Å². The van der Waals surface area contributed by atoms with Gasteiger partial charge in [-0.05, 0) is 0 Å². The summed E-state index contributed by atoms with van der Waals surface area (Å²) in [6.07, 6.45) is 1.03. The van der Waals surface area contributed by atoms with E-state index in [1.165, 1.54) is 0 Å². The molecule has 1 aliphatic heterocycles. The number of nitrogens with one attached hydrogen (secondary N) is 2. The minimum absolute atomic E-state index is 0.0300. The molecule has 1 heterocycles. The largest absolute Gasteiger partial charge is 0.463 e. The molecule has 0 aromatic carbocycles. The minimum Gasteiger partial charge on any atom is -0.463 e. The maximum absolute atomic E-state index is 11.5. The van der Waals surface area contributed by atoms with Gasteiger partial charge in [0.1, 0.15) is 19.8 Å². The first-order chi connectivity index (χ1) is 11.1. The van der Waals surface area contributed by atoms with Gasteiger partial charge in [0.2, 0.25) is 0 Å². The van der Waals surface area contributed by atoms with Gasteiger partial charge in [0, 0.05) is 25.7 Å². The standard InChI is InChI=1S/C14H23N3O6/c1-2-12(18)22-7-3-15-14(20)16-11-13(19)23-10-6-17-4-8-21-9-5-17/h2H,1,3-11H2,(H2,15,16,20). The third-order valence-corrected chi connectivity index (χ3v) is 2.97. The Kier molecular flexibility index (Phi) is 9.41. The van der Waals surface area contributed by atoms with Crippen LogP contribution in [0.4, 0.5) is 4.79 Å². The summed E-state index contributed by atoms with van der Waals surface area (Å²) in [4.78, 5) is 35.7. The van der Waals surface area contributed by atoms with Gasteiger partial charge in [-0.2, -0.15) is 0 Å². The lowest BCUT2D eigenvalue weighted by Gasteiger charge is -2.26. The van der Waals surface area contributed by atoms with Crippen LogP contribution in [0.2, 0.25) is 0 Å². The summed E-state index contributed by atoms with van der Waals surface area (Å²) < 4.78 is 14.9. The molecule has 23 heavy (non-hydrogen) atoms. The zero-order valence-corrected chi connectivity index (χ0v) is 13.0. The number of nitrogens with zero attached hydrogens (tertiary/aromatic N) is 1. The Balaban J connectivity index is 1.98. The van der Waals surface area contributed by atoms with Crippen molar-refractivity contribution in [1.82, 2.24) is 15.5 Å². The Morgan fingerprint density at radius 2 is 1.87 bits per heavy atom. The van der Waals surface area contributed by atoms with Gasteiger partial charge in [-0.1, -0.05) is 6.58 Å². The maximum atomic E-state index is 11.5. The molecule has 0 bridgehead atoms. The fourth-order valence-corrected chi connectivity index (χ4v) is 1.75. The zero-order valence-electron chi connectivity index (χ0n) is 13.0. The number of morpholine rings is 1. The summed E-state index contributed by atoms with van der Waals surface area (Å²) in [6.45, 7) is 7.15. The highest BCUT2D eigenvalue weighted by Crippen LogP contribution is 1.95. The Morgan fingerprint density at radius 3 is 2.57 bits per heavy atom. The van der Waals surface area contributed by atoms with E-state index in [4.69, 9.17) is 9.47 Å². The summed E-state index contributed by atoms with van der Waals surface area (Å²) in [5.74, 6) is -1.07. The number of hydrogen-bond donors (Lipinski definition) is 2. The van der Waals surface area contributed by atoms with Crippen LogP contribution in [0.25, 0.3) is 0 Å². The zero-order chi connectivity index (χ0) is 16.9. The summed E-state index contributed by atoms with van der Waals surface area (Å²) >= 11 is 0. The van der Waals surface area contributed by atoms with Crippen molar-refractivity contribution in [3.63, 3.8) is 0 Å². The van der Waals surface area contributed by atoms with Gasteiger partial charge in [0.15, 0.2) is 0 Å². The number of carbonyl (C=O) groups excluding carboxylic acids is 3. The molecule has 0 aliphatic carbocycles. The van der Waals surface area contributed by atoms with Crippen LogP contribution >= 0.6 is 0 Å². The molecule has 0 aromatic heterocycles. The van der Waals surface area contributed by atoms with Crippen LogP contribution in [-0.2, 0) is 23.8 Å². The molecule has 1 rings (SSSR count). The van der Waals surface area contributed by atoms with Gasteiger partial charge in [0.25, 0.3) is 0 Å². The van der Waals surface area contributed by atoms with Gasteiger partial charge in [0.05, 0.1) is 19.8 Å². The lowest BCUT2D eigenvalue weighted by atomic mass is 10.4. The first-order valence-corrected chi connectivity index (χ1v) is 7.38. The minimum atomic E-state index is -0.559. The average Bonchev–Trinajstić information content (AvgIpc) is 2.57. The van der Waals surface area contributed by atoms with Crippen molar-refractivity contribution in [3.05, 3.63) is 12.7 Å². The molecule has 1 saturated heterocycles. The summed E-state index contributed by atoms with van der Waals surface area (Å²) in [6, 6.07) is -0.537. The summed E-state index contributed by atoms with van der Waals surface area (Å²) in [7, 11) is 0. The molecule has 1 aliphatic rings. The fourth-order valence-electron chi connectivity index (χ4n) is 1.75. The predicted molar refractivity (Wildman–Crippen MR) is 80.8 cm³/mol. The highest BCUT2D eigenvalue weighted by atomic mass is 16.5. The van der Waals surface area contributed by atoms with Crippen molar-refractivity contribution >= 4 is 18.0 Å². The Hall–Kier alpha value is -2.13. The number of carbonyl (C=O) groups is 3. The second kappa shape index (κ2) is 11.4. The molecule has 0 radical (unpaired) electrons. The van der Waals surface area contributed by atoms with Crippen molar-refractivity contribution < 1.29 is 28.6 Å². The first-order valence-electron chi connectivity index (χ1n) is 7.38. The van der Waals surface area contributed by atoms with Crippen LogP contribution in [0.3, 0.4) is 0 Å². The van der Waals surface area contributed by atoms with Crippen LogP contribution in [-0.4, -0.2) is 82.0 Å². The number of urea groups is 1. The van der Waals surface area contributed by atoms with Crippen molar-refractivity contribution in [1.29, 1.82) is 0 Å². The van der Waals surface area contributed by atoms with Gasteiger partial charge in [-0.15, -0.1) is 0 Å². The van der Waals surface area contributed by atoms with E-state index in [-0.39, 0.29) is 26.3 Å². The smallest absolute Gasteiger partial charge is 0.330 e. The number of rotatable bonds is 9. The molecule has 130 valence electrons. The summed E-state index contributed by atoms with van der Waals surface area (Å²) in [5.41, 5.74) is 0. The quantitative estimate of drug-likeness (QED) is 0.314. The molecule has 0 aromatic rings. The molecule has 0 saturated carbocycles. The number of hydrogen-bond acceptors (Lipinski definition) is 7. The van der Waals surface area contributed by atoms with Crippen LogP contribution in [0, 0.1) is 0 Å². The van der Waals surface area contributed by atoms with E-state index >= 15 is 0 Å². The third-order valence-electron chi connectivity index (χ3n) is 2.97. The van der Waals surface area contributed by atoms with Gasteiger partial charge >= 0.3 is 18.0 Å². The van der Waals surface area contributed by atoms with E-state index < -0.39 is 18.0 Å². The molecular formula is C14H23N3O6. The Labute approximate surface area is 134 Å². The molecule has 0 atom stereocenters. The van der Waals surface area contributed by atoms with Crippen molar-refractivity contribution in [2.45, 2.75) is 0 Å². The summed E-state index contributed by atoms with van der Waals surface area (Å²) in [5, 5.41) is 4.79. The fraction of sp³-hybridized carbons (Fsp3) is 0.643. The highest BCUT2D eigenvalue weighted by molar-refractivity contribution is 5.81. The SMILES string of the molecule is C=CC(=O)OCCNC(=O)NCC(=O)OCCN1CCOCC1. The van der Waals surface area contributed by atoms with E-state index in [2.05, 4.69) is 26.8 Å². The number of amides is 2. The molecule has 2 amide bonds. The van der Waals surface area contributed by atoms with E-state index in [0.717, 1.165) is 19.2 Å². The van der Waals surface area contributed by atoms with E-state index in [0.29, 0.717) is 19.8 Å². The van der Waals surface area contributed by atoms with E-state index in [1.807, 2.05) is 0 Å². The van der Waals surface area contributed by atoms with Gasteiger partial charge < -0.3 is 24.8 Å². The van der Waals surface area contributed by atoms with Crippen LogP contribution in [0.1, 0.15) is 0 Å². The van der Waals surface area contributed by atoms with E-state index in [1.54, 1.807) is 0 Å². The number of ether oxygens (including phenoxy) is 3. The lowest BCUT2D eigenvalue weighted by Crippen LogP contribution is -2.41. The third kappa shape index (κ3) is 9.48. The Morgan fingerprint density at radius 1 is 1.13 bits per heavy atom. The molecule has 9 heteroatoms. The molecule has 9 nitrogen and oxygen atoms in total. The topological polar surface area (TPSA) is 106 Å². The van der Waals surface area contributed by atoms with Crippen molar-refractivity contribution in [2.24, 2.45) is 0 Å². The van der Waals surface area contributed by atoms with Crippen molar-refractivity contribution in [2.75, 3.05) is 59.2 Å². The molecular weight excluding hydrogens is 306 g/mol. The highest BCUT2D eigenvalue weighted by Gasteiger charge is 2.11. The van der Waals surface area contributed by atoms with Crippen LogP contribution in [0.5, 0.6) is 0 Å². The van der Waals surface area contributed by atoms with Crippen molar-refractivity contribution in [3.8, 4) is 0 Å².